The number of hydrogen-bond donors (Lipinski definition) is 1. The number of nitrogens with one attached hydrogen (secondary N) is 1. The van der Waals surface area contributed by atoms with Crippen LogP contribution >= 0.6 is 0 Å². The lowest BCUT2D eigenvalue weighted by Crippen LogP contribution is -2.58. The average Bonchev–Trinajstić information content (AvgIpc) is 3.56. The Hall–Kier alpha value is -2.41. The van der Waals surface area contributed by atoms with Crippen molar-refractivity contribution in [2.24, 2.45) is 5.92 Å². The highest BCUT2D eigenvalue weighted by atomic mass is 16.1. The first-order valence-corrected chi connectivity index (χ1v) is 13.3. The molecular weight excluding hydrogens is 424 g/mol. The number of amides is 1. The minimum absolute atomic E-state index is 0.0827. The fourth-order valence-corrected chi connectivity index (χ4v) is 6.34. The maximum atomic E-state index is 13.0. The molecule has 0 spiro atoms. The van der Waals surface area contributed by atoms with E-state index < -0.39 is 0 Å². The first-order chi connectivity index (χ1) is 16.5. The number of aromatic nitrogens is 3. The molecule has 0 unspecified atom stereocenters. The topological polar surface area (TPSA) is 66.3 Å². The summed E-state index contributed by atoms with van der Waals surface area (Å²) in [5, 5.41) is 14.7. The molecule has 1 amide bonds. The zero-order valence-electron chi connectivity index (χ0n) is 21.0. The zero-order valence-corrected chi connectivity index (χ0v) is 21.0. The van der Waals surface area contributed by atoms with Crippen LogP contribution in [0.4, 0.5) is 0 Å². The fraction of sp³-hybridized carbons (Fsp3) is 0.667. The monoisotopic (exact) mass is 464 g/mol. The van der Waals surface area contributed by atoms with Gasteiger partial charge in [0.25, 0.3) is 0 Å². The van der Waals surface area contributed by atoms with Gasteiger partial charge in [0.15, 0.2) is 5.82 Å². The Morgan fingerprint density at radius 2 is 1.71 bits per heavy atom. The third-order valence-corrected chi connectivity index (χ3v) is 8.15. The first-order valence-electron chi connectivity index (χ1n) is 13.3. The summed E-state index contributed by atoms with van der Waals surface area (Å²) < 4.78 is 2.27. The second-order valence-corrected chi connectivity index (χ2v) is 10.8. The number of carbonyl (C=O) groups is 1. The lowest BCUT2D eigenvalue weighted by atomic mass is 10.0. The quantitative estimate of drug-likeness (QED) is 0.641. The van der Waals surface area contributed by atoms with Gasteiger partial charge in [-0.15, -0.1) is 10.2 Å². The van der Waals surface area contributed by atoms with Gasteiger partial charge in [-0.1, -0.05) is 57.0 Å². The van der Waals surface area contributed by atoms with E-state index >= 15 is 0 Å². The Bertz CT molecular complexity index is 953. The van der Waals surface area contributed by atoms with E-state index in [2.05, 4.69) is 81.2 Å². The van der Waals surface area contributed by atoms with Crippen LogP contribution in [0.1, 0.15) is 88.0 Å². The number of rotatable bonds is 8. The molecule has 3 aliphatic rings. The molecule has 184 valence electrons. The highest BCUT2D eigenvalue weighted by molar-refractivity contribution is 5.79. The maximum absolute atomic E-state index is 13.0. The molecule has 3 heterocycles. The number of carbonyl (C=O) groups excluding carboxylic acids is 1. The second-order valence-electron chi connectivity index (χ2n) is 10.8. The number of nitrogens with zero attached hydrogens (tertiary/aromatic N) is 5. The van der Waals surface area contributed by atoms with Crippen molar-refractivity contribution >= 4 is 5.91 Å². The van der Waals surface area contributed by atoms with Crippen LogP contribution < -0.4 is 10.3 Å². The Labute approximate surface area is 203 Å². The summed E-state index contributed by atoms with van der Waals surface area (Å²) in [6, 6.07) is 11.7. The van der Waals surface area contributed by atoms with Gasteiger partial charge in [0.2, 0.25) is 5.91 Å². The Morgan fingerprint density at radius 3 is 2.35 bits per heavy atom. The van der Waals surface area contributed by atoms with Crippen molar-refractivity contribution in [2.75, 3.05) is 24.6 Å². The second kappa shape index (κ2) is 10.1. The van der Waals surface area contributed by atoms with Gasteiger partial charge in [-0.05, 0) is 44.6 Å². The molecule has 3 atom stereocenters. The highest BCUT2D eigenvalue weighted by Gasteiger charge is 2.41. The summed E-state index contributed by atoms with van der Waals surface area (Å²) in [4.78, 5) is 15.7. The van der Waals surface area contributed by atoms with E-state index in [1.165, 1.54) is 31.2 Å². The molecule has 1 saturated carbocycles. The van der Waals surface area contributed by atoms with Crippen LogP contribution in [0.15, 0.2) is 30.3 Å². The number of fused-ring (bicyclic) bond motifs is 2. The van der Waals surface area contributed by atoms with E-state index in [4.69, 9.17) is 0 Å². The van der Waals surface area contributed by atoms with Crippen molar-refractivity contribution in [3.8, 4) is 0 Å². The van der Waals surface area contributed by atoms with E-state index in [0.717, 1.165) is 50.5 Å². The predicted molar refractivity (Wildman–Crippen MR) is 134 cm³/mol. The SMILES string of the molecule is Cc1nnc(C(C)C)n1N1C[C@H]2CC[C@H](C1)N2CC[C@H](NC(=O)C1CCCC1)c1ccccc1. The van der Waals surface area contributed by atoms with Gasteiger partial charge in [0, 0.05) is 30.5 Å². The van der Waals surface area contributed by atoms with Crippen LogP contribution in [0.25, 0.3) is 0 Å². The van der Waals surface area contributed by atoms with Gasteiger partial charge in [0.1, 0.15) is 5.82 Å². The third kappa shape index (κ3) is 4.72. The largest absolute Gasteiger partial charge is 0.349 e. The van der Waals surface area contributed by atoms with Crippen LogP contribution in [0.2, 0.25) is 0 Å². The van der Waals surface area contributed by atoms with Crippen LogP contribution in [0.5, 0.6) is 0 Å². The molecule has 1 aromatic heterocycles. The van der Waals surface area contributed by atoms with E-state index in [-0.39, 0.29) is 17.9 Å². The molecule has 0 radical (unpaired) electrons. The van der Waals surface area contributed by atoms with Gasteiger partial charge < -0.3 is 10.3 Å². The average molecular weight is 465 g/mol. The molecule has 1 N–H and O–H groups in total. The molecule has 2 saturated heterocycles. The molecule has 2 aromatic rings. The van der Waals surface area contributed by atoms with Crippen molar-refractivity contribution in [2.45, 2.75) is 89.8 Å². The summed E-state index contributed by atoms with van der Waals surface area (Å²) in [7, 11) is 0. The molecule has 1 aliphatic carbocycles. The van der Waals surface area contributed by atoms with Gasteiger partial charge in [0.05, 0.1) is 19.1 Å². The van der Waals surface area contributed by atoms with Crippen LogP contribution in [-0.4, -0.2) is 57.4 Å². The number of hydrogen-bond acceptors (Lipinski definition) is 5. The summed E-state index contributed by atoms with van der Waals surface area (Å²) in [6.45, 7) is 9.48. The zero-order chi connectivity index (χ0) is 23.7. The van der Waals surface area contributed by atoms with Crippen molar-refractivity contribution in [3.63, 3.8) is 0 Å². The lowest BCUT2D eigenvalue weighted by molar-refractivity contribution is -0.125. The highest BCUT2D eigenvalue weighted by Crippen LogP contribution is 2.32. The predicted octanol–water partition coefficient (Wildman–Crippen LogP) is 3.93. The van der Waals surface area contributed by atoms with Crippen LogP contribution in [0, 0.1) is 12.8 Å². The summed E-state index contributed by atoms with van der Waals surface area (Å²) in [5.41, 5.74) is 1.22. The fourth-order valence-electron chi connectivity index (χ4n) is 6.34. The van der Waals surface area contributed by atoms with Gasteiger partial charge in [-0.2, -0.15) is 0 Å². The number of piperazine rings is 1. The molecule has 2 aliphatic heterocycles. The van der Waals surface area contributed by atoms with E-state index in [1.54, 1.807) is 0 Å². The summed E-state index contributed by atoms with van der Waals surface area (Å²) in [6.07, 6.45) is 7.89. The molecule has 7 heteroatoms. The van der Waals surface area contributed by atoms with Crippen molar-refractivity contribution < 1.29 is 4.79 Å². The van der Waals surface area contributed by atoms with Gasteiger partial charge in [-0.3, -0.25) is 9.69 Å². The summed E-state index contributed by atoms with van der Waals surface area (Å²) in [5.74, 6) is 2.85. The normalized spacial score (nSPS) is 24.2. The molecule has 7 nitrogen and oxygen atoms in total. The summed E-state index contributed by atoms with van der Waals surface area (Å²) >= 11 is 0. The van der Waals surface area contributed by atoms with Crippen molar-refractivity contribution in [1.82, 2.24) is 25.1 Å². The standard InChI is InChI=1S/C27H40N6O/c1-19(2)26-30-29-20(3)33(26)31-17-23-13-14-24(18-31)32(23)16-15-25(21-9-5-4-6-10-21)28-27(34)22-11-7-8-12-22/h4-6,9-10,19,22-25H,7-8,11-18H2,1-3H3,(H,28,34)/t23-,24-,25+/m1/s1. The van der Waals surface area contributed by atoms with Crippen molar-refractivity contribution in [1.29, 1.82) is 0 Å². The van der Waals surface area contributed by atoms with Crippen LogP contribution in [0.3, 0.4) is 0 Å². The minimum atomic E-state index is 0.0827. The molecule has 1 aromatic carbocycles. The number of benzene rings is 1. The Balaban J connectivity index is 1.26. The van der Waals surface area contributed by atoms with E-state index in [1.807, 2.05) is 0 Å². The third-order valence-electron chi connectivity index (χ3n) is 8.15. The minimum Gasteiger partial charge on any atom is -0.349 e. The Morgan fingerprint density at radius 1 is 1.03 bits per heavy atom. The van der Waals surface area contributed by atoms with Crippen LogP contribution in [-0.2, 0) is 4.79 Å². The van der Waals surface area contributed by atoms with Crippen molar-refractivity contribution in [3.05, 3.63) is 47.5 Å². The molecule has 34 heavy (non-hydrogen) atoms. The molecule has 5 rings (SSSR count). The lowest BCUT2D eigenvalue weighted by Gasteiger charge is -2.43. The first kappa shape index (κ1) is 23.3. The smallest absolute Gasteiger partial charge is 0.223 e. The Kier molecular flexibility index (Phi) is 6.91. The molecular formula is C27H40N6O. The molecule has 3 fully saturated rings. The van der Waals surface area contributed by atoms with Gasteiger partial charge >= 0.3 is 0 Å². The van der Waals surface area contributed by atoms with E-state index in [9.17, 15) is 4.79 Å². The van der Waals surface area contributed by atoms with Gasteiger partial charge in [-0.25, -0.2) is 4.68 Å². The molecule has 2 bridgehead atoms. The number of aryl methyl sites for hydroxylation is 1. The van der Waals surface area contributed by atoms with E-state index in [0.29, 0.717) is 18.0 Å². The maximum Gasteiger partial charge on any atom is 0.223 e.